The number of rotatable bonds is 1. The Morgan fingerprint density at radius 1 is 1.10 bits per heavy atom. The lowest BCUT2D eigenvalue weighted by atomic mass is 9.95. The first-order chi connectivity index (χ1) is 9.54. The molecule has 2 nitrogen and oxygen atoms in total. The Hall–Kier alpha value is -0.910. The predicted molar refractivity (Wildman–Crippen MR) is 81.2 cm³/mol. The van der Waals surface area contributed by atoms with Crippen LogP contribution in [0.1, 0.15) is 29.8 Å². The van der Waals surface area contributed by atoms with Gasteiger partial charge in [-0.1, -0.05) is 44.0 Å². The molecule has 5 heteroatoms. The van der Waals surface area contributed by atoms with Crippen LogP contribution in [0.25, 0.3) is 0 Å². The molecule has 0 radical (unpaired) electrons. The van der Waals surface area contributed by atoms with E-state index in [-0.39, 0.29) is 11.9 Å². The van der Waals surface area contributed by atoms with Gasteiger partial charge in [-0.15, -0.1) is 0 Å². The third-order valence-corrected chi connectivity index (χ3v) is 4.53. The Bertz CT molecular complexity index is 660. The normalized spacial score (nSPS) is 21.2. The van der Waals surface area contributed by atoms with E-state index in [1.807, 2.05) is 18.2 Å². The van der Waals surface area contributed by atoms with Crippen molar-refractivity contribution in [1.82, 2.24) is 0 Å². The van der Waals surface area contributed by atoms with E-state index in [1.165, 1.54) is 12.1 Å². The Balaban J connectivity index is 1.98. The molecule has 2 aromatic carbocycles. The number of aliphatic hydroxyl groups excluding tert-OH is 1. The van der Waals surface area contributed by atoms with Crippen molar-refractivity contribution in [3.05, 3.63) is 62.3 Å². The molecule has 0 fully saturated rings. The highest BCUT2D eigenvalue weighted by atomic mass is 79.9. The zero-order valence-electron chi connectivity index (χ0n) is 10.3. The topological polar surface area (TPSA) is 29.5 Å². The van der Waals surface area contributed by atoms with Gasteiger partial charge in [-0.2, -0.15) is 0 Å². The highest BCUT2D eigenvalue weighted by Crippen LogP contribution is 2.43. The highest BCUT2D eigenvalue weighted by Gasteiger charge is 2.29. The maximum absolute atomic E-state index is 13.2. The van der Waals surface area contributed by atoms with E-state index in [9.17, 15) is 9.50 Å². The number of halogens is 3. The van der Waals surface area contributed by atoms with Crippen LogP contribution in [0.4, 0.5) is 4.39 Å². The molecule has 1 aliphatic heterocycles. The van der Waals surface area contributed by atoms with E-state index in [1.54, 1.807) is 6.07 Å². The van der Waals surface area contributed by atoms with Crippen LogP contribution in [0.15, 0.2) is 45.3 Å². The molecule has 2 aromatic rings. The average molecular weight is 402 g/mol. The van der Waals surface area contributed by atoms with E-state index < -0.39 is 6.10 Å². The molecular formula is C15H11Br2FO2. The summed E-state index contributed by atoms with van der Waals surface area (Å²) in [7, 11) is 0. The SMILES string of the molecule is O[C@@H]1CC(c2ccc(F)cc2Br)Oc2cc(Br)ccc21. The minimum Gasteiger partial charge on any atom is -0.485 e. The molecule has 0 bridgehead atoms. The van der Waals surface area contributed by atoms with Gasteiger partial charge in [0, 0.05) is 26.5 Å². The second-order valence-corrected chi connectivity index (χ2v) is 6.48. The van der Waals surface area contributed by atoms with Crippen molar-refractivity contribution < 1.29 is 14.2 Å². The number of ether oxygens (including phenoxy) is 1. The maximum atomic E-state index is 13.2. The van der Waals surface area contributed by atoms with Crippen molar-refractivity contribution in [1.29, 1.82) is 0 Å². The number of hydrogen-bond donors (Lipinski definition) is 1. The number of fused-ring (bicyclic) bond motifs is 1. The van der Waals surface area contributed by atoms with Crippen LogP contribution in [0.2, 0.25) is 0 Å². The van der Waals surface area contributed by atoms with Gasteiger partial charge in [-0.05, 0) is 24.3 Å². The molecule has 20 heavy (non-hydrogen) atoms. The minimum atomic E-state index is -0.589. The molecule has 1 aliphatic rings. The molecular weight excluding hydrogens is 391 g/mol. The van der Waals surface area contributed by atoms with Crippen molar-refractivity contribution in [3.63, 3.8) is 0 Å². The summed E-state index contributed by atoms with van der Waals surface area (Å²) in [5.41, 5.74) is 1.61. The van der Waals surface area contributed by atoms with Gasteiger partial charge in [0.2, 0.25) is 0 Å². The third-order valence-electron chi connectivity index (χ3n) is 3.35. The molecule has 0 amide bonds. The summed E-state index contributed by atoms with van der Waals surface area (Å²) >= 11 is 6.74. The van der Waals surface area contributed by atoms with Gasteiger partial charge in [0.05, 0.1) is 6.10 Å². The van der Waals surface area contributed by atoms with Gasteiger partial charge in [0.15, 0.2) is 0 Å². The standard InChI is InChI=1S/C15H11Br2FO2/c16-8-1-3-11-13(19)7-15(20-14(11)5-8)10-4-2-9(18)6-12(10)17/h1-6,13,15,19H,7H2/t13-,15?/m1/s1. The van der Waals surface area contributed by atoms with E-state index in [0.29, 0.717) is 16.6 Å². The van der Waals surface area contributed by atoms with Gasteiger partial charge in [0.25, 0.3) is 0 Å². The van der Waals surface area contributed by atoms with Crippen LogP contribution in [0, 0.1) is 5.82 Å². The van der Waals surface area contributed by atoms with Gasteiger partial charge < -0.3 is 9.84 Å². The molecule has 0 saturated carbocycles. The maximum Gasteiger partial charge on any atom is 0.128 e. The van der Waals surface area contributed by atoms with Crippen LogP contribution in [-0.4, -0.2) is 5.11 Å². The zero-order chi connectivity index (χ0) is 14.3. The third kappa shape index (κ3) is 2.62. The summed E-state index contributed by atoms with van der Waals surface area (Å²) in [6.07, 6.45) is -0.450. The molecule has 0 aromatic heterocycles. The molecule has 1 heterocycles. The quantitative estimate of drug-likeness (QED) is 0.735. The number of benzene rings is 2. The molecule has 1 N–H and O–H groups in total. The Labute approximate surface area is 132 Å². The van der Waals surface area contributed by atoms with Crippen molar-refractivity contribution >= 4 is 31.9 Å². The molecule has 2 atom stereocenters. The summed E-state index contributed by atoms with van der Waals surface area (Å²) in [4.78, 5) is 0. The lowest BCUT2D eigenvalue weighted by molar-refractivity contribution is 0.0653. The van der Waals surface area contributed by atoms with Crippen LogP contribution in [0.3, 0.4) is 0 Å². The summed E-state index contributed by atoms with van der Waals surface area (Å²) < 4.78 is 20.6. The highest BCUT2D eigenvalue weighted by molar-refractivity contribution is 9.10. The second-order valence-electron chi connectivity index (χ2n) is 4.71. The Morgan fingerprint density at radius 2 is 1.85 bits per heavy atom. The van der Waals surface area contributed by atoms with E-state index in [4.69, 9.17) is 4.74 Å². The number of aliphatic hydroxyl groups is 1. The van der Waals surface area contributed by atoms with Crippen molar-refractivity contribution in [2.75, 3.05) is 0 Å². The molecule has 3 rings (SSSR count). The molecule has 1 unspecified atom stereocenters. The first kappa shape index (κ1) is 14.0. The zero-order valence-corrected chi connectivity index (χ0v) is 13.5. The first-order valence-electron chi connectivity index (χ1n) is 6.13. The summed E-state index contributed by atoms with van der Waals surface area (Å²) in [6, 6.07) is 10.0. The van der Waals surface area contributed by atoms with Gasteiger partial charge in [-0.3, -0.25) is 0 Å². The minimum absolute atomic E-state index is 0.304. The van der Waals surface area contributed by atoms with Crippen molar-refractivity contribution in [2.45, 2.75) is 18.6 Å². The Morgan fingerprint density at radius 3 is 2.60 bits per heavy atom. The van der Waals surface area contributed by atoms with Crippen LogP contribution in [-0.2, 0) is 0 Å². The lowest BCUT2D eigenvalue weighted by Gasteiger charge is -2.30. The van der Waals surface area contributed by atoms with Gasteiger partial charge >= 0.3 is 0 Å². The fourth-order valence-electron chi connectivity index (χ4n) is 2.37. The fraction of sp³-hybridized carbons (Fsp3) is 0.200. The lowest BCUT2D eigenvalue weighted by Crippen LogP contribution is -2.19. The Kier molecular flexibility index (Phi) is 3.84. The molecule has 104 valence electrons. The summed E-state index contributed by atoms with van der Waals surface area (Å²) in [5.74, 6) is 0.347. The van der Waals surface area contributed by atoms with Crippen molar-refractivity contribution in [2.24, 2.45) is 0 Å². The van der Waals surface area contributed by atoms with Crippen molar-refractivity contribution in [3.8, 4) is 5.75 Å². The largest absolute Gasteiger partial charge is 0.485 e. The van der Waals surface area contributed by atoms with Crippen LogP contribution >= 0.6 is 31.9 Å². The fourth-order valence-corrected chi connectivity index (χ4v) is 3.32. The monoisotopic (exact) mass is 400 g/mol. The van der Waals surface area contributed by atoms with Crippen LogP contribution < -0.4 is 4.74 Å². The van der Waals surface area contributed by atoms with E-state index in [0.717, 1.165) is 15.6 Å². The average Bonchev–Trinajstić information content (AvgIpc) is 2.37. The molecule has 0 spiro atoms. The second kappa shape index (κ2) is 5.47. The van der Waals surface area contributed by atoms with E-state index in [2.05, 4.69) is 31.9 Å². The summed E-state index contributed by atoms with van der Waals surface area (Å²) in [5, 5.41) is 10.2. The smallest absolute Gasteiger partial charge is 0.128 e. The number of hydrogen-bond acceptors (Lipinski definition) is 2. The summed E-state index contributed by atoms with van der Waals surface area (Å²) in [6.45, 7) is 0. The van der Waals surface area contributed by atoms with Crippen LogP contribution in [0.5, 0.6) is 5.75 Å². The first-order valence-corrected chi connectivity index (χ1v) is 7.72. The molecule has 0 aliphatic carbocycles. The van der Waals surface area contributed by atoms with Gasteiger partial charge in [0.1, 0.15) is 17.7 Å². The predicted octanol–water partition coefficient (Wildman–Crippen LogP) is 4.91. The van der Waals surface area contributed by atoms with Gasteiger partial charge in [-0.25, -0.2) is 4.39 Å². The van der Waals surface area contributed by atoms with E-state index >= 15 is 0 Å². The molecule has 0 saturated heterocycles.